The van der Waals surface area contributed by atoms with E-state index in [2.05, 4.69) is 10.2 Å². The maximum Gasteiger partial charge on any atom is 0.323 e. The average molecular weight is 232 g/mol. The normalized spacial score (nSPS) is 15.1. The lowest BCUT2D eigenvalue weighted by Crippen LogP contribution is -2.49. The number of hydrogen-bond acceptors (Lipinski definition) is 4. The molecule has 5 nitrogen and oxygen atoms in total. The van der Waals surface area contributed by atoms with Crippen LogP contribution < -0.4 is 5.32 Å². The molecule has 0 aromatic carbocycles. The SMILES string of the molecule is CCOCCN(C)CCC(C)(NC)C(=O)O. The van der Waals surface area contributed by atoms with Crippen LogP contribution in [0, 0.1) is 0 Å². The van der Waals surface area contributed by atoms with Crippen molar-refractivity contribution in [1.29, 1.82) is 0 Å². The first-order chi connectivity index (χ1) is 7.46. The number of carboxylic acids is 1. The Morgan fingerprint density at radius 2 is 2.12 bits per heavy atom. The Labute approximate surface area is 97.8 Å². The second-order valence-corrected chi connectivity index (χ2v) is 4.14. The van der Waals surface area contributed by atoms with E-state index in [1.54, 1.807) is 14.0 Å². The molecular formula is C11H24N2O3. The van der Waals surface area contributed by atoms with Crippen molar-refractivity contribution in [2.45, 2.75) is 25.8 Å². The molecule has 0 amide bonds. The van der Waals surface area contributed by atoms with Gasteiger partial charge in [0.25, 0.3) is 0 Å². The molecule has 0 aliphatic heterocycles. The molecule has 0 aromatic heterocycles. The Morgan fingerprint density at radius 3 is 2.56 bits per heavy atom. The summed E-state index contributed by atoms with van der Waals surface area (Å²) in [6.07, 6.45) is 0.571. The van der Waals surface area contributed by atoms with E-state index in [4.69, 9.17) is 9.84 Å². The molecule has 0 heterocycles. The fourth-order valence-corrected chi connectivity index (χ4v) is 1.23. The molecule has 5 heteroatoms. The summed E-state index contributed by atoms with van der Waals surface area (Å²) in [7, 11) is 3.64. The van der Waals surface area contributed by atoms with Crippen LogP contribution in [-0.2, 0) is 9.53 Å². The van der Waals surface area contributed by atoms with Crippen LogP contribution in [0.2, 0.25) is 0 Å². The van der Waals surface area contributed by atoms with Gasteiger partial charge in [-0.25, -0.2) is 0 Å². The highest BCUT2D eigenvalue weighted by Crippen LogP contribution is 2.09. The number of carboxylic acid groups (broad SMARTS) is 1. The van der Waals surface area contributed by atoms with Gasteiger partial charge >= 0.3 is 5.97 Å². The van der Waals surface area contributed by atoms with Gasteiger partial charge in [0.2, 0.25) is 0 Å². The highest BCUT2D eigenvalue weighted by Gasteiger charge is 2.30. The topological polar surface area (TPSA) is 61.8 Å². The maximum absolute atomic E-state index is 11.0. The first-order valence-corrected chi connectivity index (χ1v) is 5.65. The van der Waals surface area contributed by atoms with Gasteiger partial charge in [-0.1, -0.05) is 0 Å². The van der Waals surface area contributed by atoms with E-state index in [-0.39, 0.29) is 0 Å². The van der Waals surface area contributed by atoms with Crippen molar-refractivity contribution in [2.24, 2.45) is 0 Å². The monoisotopic (exact) mass is 232 g/mol. The number of likely N-dealkylation sites (N-methyl/N-ethyl adjacent to an activating group) is 2. The minimum Gasteiger partial charge on any atom is -0.480 e. The smallest absolute Gasteiger partial charge is 0.323 e. The lowest BCUT2D eigenvalue weighted by Gasteiger charge is -2.27. The molecule has 0 rings (SSSR count). The van der Waals surface area contributed by atoms with Gasteiger partial charge < -0.3 is 20.1 Å². The van der Waals surface area contributed by atoms with Crippen molar-refractivity contribution in [2.75, 3.05) is 40.4 Å². The number of aliphatic carboxylic acids is 1. The van der Waals surface area contributed by atoms with Crippen LogP contribution in [0.4, 0.5) is 0 Å². The number of rotatable bonds is 9. The molecule has 1 unspecified atom stereocenters. The van der Waals surface area contributed by atoms with Gasteiger partial charge in [-0.3, -0.25) is 4.79 Å². The van der Waals surface area contributed by atoms with Crippen molar-refractivity contribution >= 4 is 5.97 Å². The van der Waals surface area contributed by atoms with Gasteiger partial charge in [0.05, 0.1) is 6.61 Å². The van der Waals surface area contributed by atoms with Gasteiger partial charge in [-0.15, -0.1) is 0 Å². The molecule has 0 bridgehead atoms. The second kappa shape index (κ2) is 7.60. The molecule has 96 valence electrons. The van der Waals surface area contributed by atoms with Crippen LogP contribution >= 0.6 is 0 Å². The minimum atomic E-state index is -0.847. The molecule has 2 N–H and O–H groups in total. The molecule has 0 aliphatic rings. The van der Waals surface area contributed by atoms with Crippen LogP contribution in [0.15, 0.2) is 0 Å². The van der Waals surface area contributed by atoms with Crippen molar-refractivity contribution < 1.29 is 14.6 Å². The van der Waals surface area contributed by atoms with Crippen molar-refractivity contribution in [3.8, 4) is 0 Å². The summed E-state index contributed by atoms with van der Waals surface area (Å²) < 4.78 is 5.24. The zero-order valence-corrected chi connectivity index (χ0v) is 10.7. The Morgan fingerprint density at radius 1 is 1.50 bits per heavy atom. The van der Waals surface area contributed by atoms with E-state index < -0.39 is 11.5 Å². The lowest BCUT2D eigenvalue weighted by atomic mass is 9.98. The number of nitrogens with one attached hydrogen (secondary N) is 1. The maximum atomic E-state index is 11.0. The summed E-state index contributed by atoms with van der Waals surface area (Å²) in [6, 6.07) is 0. The van der Waals surface area contributed by atoms with Gasteiger partial charge in [0.1, 0.15) is 5.54 Å². The number of nitrogens with zero attached hydrogens (tertiary/aromatic N) is 1. The number of ether oxygens (including phenoxy) is 1. The molecule has 0 spiro atoms. The number of hydrogen-bond donors (Lipinski definition) is 2. The summed E-state index contributed by atoms with van der Waals surface area (Å²) in [5.74, 6) is -0.812. The third-order valence-electron chi connectivity index (χ3n) is 2.84. The summed E-state index contributed by atoms with van der Waals surface area (Å²) in [4.78, 5) is 13.1. The Kier molecular flexibility index (Phi) is 7.29. The van der Waals surface area contributed by atoms with Crippen LogP contribution in [0.5, 0.6) is 0 Å². The van der Waals surface area contributed by atoms with Crippen LogP contribution in [0.1, 0.15) is 20.3 Å². The third-order valence-corrected chi connectivity index (χ3v) is 2.84. The minimum absolute atomic E-state index is 0.571. The zero-order chi connectivity index (χ0) is 12.6. The molecule has 0 fully saturated rings. The summed E-state index contributed by atoms with van der Waals surface area (Å²) in [5.41, 5.74) is -0.847. The first kappa shape index (κ1) is 15.3. The zero-order valence-electron chi connectivity index (χ0n) is 10.7. The quantitative estimate of drug-likeness (QED) is 0.564. The predicted molar refractivity (Wildman–Crippen MR) is 63.7 cm³/mol. The Balaban J connectivity index is 3.88. The fourth-order valence-electron chi connectivity index (χ4n) is 1.23. The van der Waals surface area contributed by atoms with Crippen molar-refractivity contribution in [3.05, 3.63) is 0 Å². The lowest BCUT2D eigenvalue weighted by molar-refractivity contribution is -0.144. The molecule has 1 atom stereocenters. The van der Waals surface area contributed by atoms with E-state index in [0.29, 0.717) is 13.0 Å². The average Bonchev–Trinajstić information content (AvgIpc) is 2.26. The van der Waals surface area contributed by atoms with E-state index in [1.807, 2.05) is 14.0 Å². The van der Waals surface area contributed by atoms with E-state index in [1.165, 1.54) is 0 Å². The highest BCUT2D eigenvalue weighted by molar-refractivity contribution is 5.78. The Hall–Kier alpha value is -0.650. The van der Waals surface area contributed by atoms with E-state index >= 15 is 0 Å². The summed E-state index contributed by atoms with van der Waals surface area (Å²) >= 11 is 0. The summed E-state index contributed by atoms with van der Waals surface area (Å²) in [6.45, 7) is 6.63. The van der Waals surface area contributed by atoms with Crippen LogP contribution in [-0.4, -0.2) is 61.9 Å². The molecule has 0 saturated heterocycles. The van der Waals surface area contributed by atoms with Gasteiger partial charge in [0, 0.05) is 19.7 Å². The van der Waals surface area contributed by atoms with Crippen LogP contribution in [0.25, 0.3) is 0 Å². The largest absolute Gasteiger partial charge is 0.480 e. The van der Waals surface area contributed by atoms with Crippen LogP contribution in [0.3, 0.4) is 0 Å². The molecule has 0 aliphatic carbocycles. The number of carbonyl (C=O) groups is 1. The third kappa shape index (κ3) is 5.44. The van der Waals surface area contributed by atoms with Crippen molar-refractivity contribution in [3.63, 3.8) is 0 Å². The summed E-state index contributed by atoms with van der Waals surface area (Å²) in [5, 5.41) is 11.9. The molecule has 0 radical (unpaired) electrons. The first-order valence-electron chi connectivity index (χ1n) is 5.65. The van der Waals surface area contributed by atoms with Gasteiger partial charge in [-0.2, -0.15) is 0 Å². The Bertz CT molecular complexity index is 211. The molecule has 0 saturated carbocycles. The standard InChI is InChI=1S/C11H24N2O3/c1-5-16-9-8-13(4)7-6-11(2,12-3)10(14)15/h12H,5-9H2,1-4H3,(H,14,15). The van der Waals surface area contributed by atoms with E-state index in [0.717, 1.165) is 19.7 Å². The van der Waals surface area contributed by atoms with Gasteiger partial charge in [0.15, 0.2) is 0 Å². The fraction of sp³-hybridized carbons (Fsp3) is 0.909. The molecule has 0 aromatic rings. The second-order valence-electron chi connectivity index (χ2n) is 4.14. The molecule has 16 heavy (non-hydrogen) atoms. The van der Waals surface area contributed by atoms with Gasteiger partial charge in [-0.05, 0) is 34.4 Å². The van der Waals surface area contributed by atoms with E-state index in [9.17, 15) is 4.79 Å². The predicted octanol–water partition coefficient (Wildman–Crippen LogP) is 0.408. The van der Waals surface area contributed by atoms with Crippen molar-refractivity contribution in [1.82, 2.24) is 10.2 Å². The molecular weight excluding hydrogens is 208 g/mol. The highest BCUT2D eigenvalue weighted by atomic mass is 16.5.